The van der Waals surface area contributed by atoms with Crippen LogP contribution in [0.15, 0.2) is 48.5 Å². The van der Waals surface area contributed by atoms with Crippen molar-refractivity contribution in [3.63, 3.8) is 0 Å². The monoisotopic (exact) mass is 489 g/mol. The molecule has 0 aliphatic carbocycles. The molecule has 0 bridgehead atoms. The Balaban J connectivity index is 1.48. The van der Waals surface area contributed by atoms with Gasteiger partial charge in [0.15, 0.2) is 0 Å². The number of hydrogen-bond acceptors (Lipinski definition) is 7. The molecule has 0 spiro atoms. The highest BCUT2D eigenvalue weighted by atomic mass is 19.4. The predicted octanol–water partition coefficient (Wildman–Crippen LogP) is 5.28. The van der Waals surface area contributed by atoms with E-state index in [1.807, 2.05) is 0 Å². The van der Waals surface area contributed by atoms with Gasteiger partial charge in [-0.25, -0.2) is 4.39 Å². The number of halogens is 4. The van der Waals surface area contributed by atoms with Crippen LogP contribution in [-0.4, -0.2) is 46.0 Å². The summed E-state index contributed by atoms with van der Waals surface area (Å²) < 4.78 is 52.5. The van der Waals surface area contributed by atoms with E-state index in [9.17, 15) is 17.6 Å². The maximum Gasteiger partial charge on any atom is 0.416 e. The van der Waals surface area contributed by atoms with Crippen molar-refractivity contribution in [1.82, 2.24) is 19.9 Å². The Morgan fingerprint density at radius 3 is 2.23 bits per heavy atom. The third-order valence-corrected chi connectivity index (χ3v) is 5.61. The zero-order chi connectivity index (χ0) is 24.7. The number of aromatic nitrogens is 3. The van der Waals surface area contributed by atoms with Gasteiger partial charge in [-0.3, -0.25) is 0 Å². The van der Waals surface area contributed by atoms with Gasteiger partial charge in [0.25, 0.3) is 0 Å². The molecule has 1 aliphatic rings. The maximum atomic E-state index is 13.2. The maximum absolute atomic E-state index is 13.2. The first-order valence-electron chi connectivity index (χ1n) is 11.5. The van der Waals surface area contributed by atoms with Gasteiger partial charge in [0.05, 0.1) is 5.56 Å². The van der Waals surface area contributed by atoms with Crippen molar-refractivity contribution < 1.29 is 17.6 Å². The topological polar surface area (TPSA) is 78.0 Å². The number of likely N-dealkylation sites (tertiary alicyclic amines) is 1. The average Bonchev–Trinajstić information content (AvgIpc) is 2.84. The molecule has 3 N–H and O–H groups in total. The summed E-state index contributed by atoms with van der Waals surface area (Å²) in [7, 11) is 0. The molecule has 4 rings (SSSR count). The van der Waals surface area contributed by atoms with Gasteiger partial charge in [0.2, 0.25) is 17.8 Å². The van der Waals surface area contributed by atoms with Crippen molar-refractivity contribution in [1.29, 1.82) is 0 Å². The van der Waals surface area contributed by atoms with Gasteiger partial charge >= 0.3 is 6.18 Å². The second-order valence-corrected chi connectivity index (χ2v) is 8.32. The van der Waals surface area contributed by atoms with Crippen LogP contribution >= 0.6 is 0 Å². The van der Waals surface area contributed by atoms with Gasteiger partial charge in [-0.15, -0.1) is 0 Å². The van der Waals surface area contributed by atoms with Gasteiger partial charge in [0, 0.05) is 25.3 Å². The normalized spacial score (nSPS) is 14.5. The zero-order valence-electron chi connectivity index (χ0n) is 19.1. The SMILES string of the molecule is Fc1ccc(CNc2nc(NCCN3CCCCC3)nc(Nc3cccc(C(F)(F)F)c3)n2)cc1. The Morgan fingerprint density at radius 2 is 1.51 bits per heavy atom. The minimum absolute atomic E-state index is 0.0985. The van der Waals surface area contributed by atoms with E-state index >= 15 is 0 Å². The van der Waals surface area contributed by atoms with Crippen LogP contribution in [0.4, 0.5) is 41.1 Å². The molecule has 11 heteroatoms. The number of rotatable bonds is 9. The lowest BCUT2D eigenvalue weighted by molar-refractivity contribution is -0.137. The molecule has 2 heterocycles. The van der Waals surface area contributed by atoms with Gasteiger partial charge < -0.3 is 20.9 Å². The van der Waals surface area contributed by atoms with Crippen LogP contribution in [0.5, 0.6) is 0 Å². The molecule has 1 fully saturated rings. The fourth-order valence-corrected chi connectivity index (χ4v) is 3.78. The lowest BCUT2D eigenvalue weighted by Gasteiger charge is -2.26. The van der Waals surface area contributed by atoms with E-state index in [0.29, 0.717) is 19.0 Å². The van der Waals surface area contributed by atoms with Crippen LogP contribution in [0.25, 0.3) is 0 Å². The summed E-state index contributed by atoms with van der Waals surface area (Å²) >= 11 is 0. The quantitative estimate of drug-likeness (QED) is 0.353. The summed E-state index contributed by atoms with van der Waals surface area (Å²) in [6.07, 6.45) is -0.826. The van der Waals surface area contributed by atoms with E-state index < -0.39 is 11.7 Å². The zero-order valence-corrected chi connectivity index (χ0v) is 19.1. The van der Waals surface area contributed by atoms with E-state index in [-0.39, 0.29) is 23.4 Å². The van der Waals surface area contributed by atoms with Crippen molar-refractivity contribution in [2.24, 2.45) is 0 Å². The molecule has 0 unspecified atom stereocenters. The Morgan fingerprint density at radius 1 is 0.829 bits per heavy atom. The first-order valence-corrected chi connectivity index (χ1v) is 11.5. The third kappa shape index (κ3) is 7.51. The smallest absolute Gasteiger partial charge is 0.353 e. The number of benzene rings is 2. The van der Waals surface area contributed by atoms with E-state index in [0.717, 1.165) is 37.3 Å². The molecule has 1 aliphatic heterocycles. The van der Waals surface area contributed by atoms with Crippen LogP contribution in [-0.2, 0) is 12.7 Å². The Hall–Kier alpha value is -3.47. The summed E-state index contributed by atoms with van der Waals surface area (Å²) in [6, 6.07) is 10.8. The van der Waals surface area contributed by atoms with E-state index in [1.54, 1.807) is 12.1 Å². The van der Waals surface area contributed by atoms with E-state index in [1.165, 1.54) is 43.5 Å². The Labute approximate surface area is 201 Å². The molecule has 0 atom stereocenters. The lowest BCUT2D eigenvalue weighted by Crippen LogP contribution is -2.34. The fourth-order valence-electron chi connectivity index (χ4n) is 3.78. The molecule has 7 nitrogen and oxygen atoms in total. The summed E-state index contributed by atoms with van der Waals surface area (Å²) in [5, 5.41) is 9.09. The van der Waals surface area contributed by atoms with Crippen molar-refractivity contribution in [3.05, 3.63) is 65.5 Å². The van der Waals surface area contributed by atoms with Crippen LogP contribution in [0.3, 0.4) is 0 Å². The summed E-state index contributed by atoms with van der Waals surface area (Å²) in [4.78, 5) is 15.4. The second-order valence-electron chi connectivity index (χ2n) is 8.32. The first-order chi connectivity index (χ1) is 16.8. The molecule has 1 saturated heterocycles. The fraction of sp³-hybridized carbons (Fsp3) is 0.375. The van der Waals surface area contributed by atoms with Crippen LogP contribution in [0.2, 0.25) is 0 Å². The molecule has 2 aromatic carbocycles. The van der Waals surface area contributed by atoms with Crippen molar-refractivity contribution in [2.75, 3.05) is 42.1 Å². The van der Waals surface area contributed by atoms with Crippen molar-refractivity contribution in [3.8, 4) is 0 Å². The number of nitrogens with one attached hydrogen (secondary N) is 3. The summed E-state index contributed by atoms with van der Waals surface area (Å²) in [6.45, 7) is 3.91. The number of alkyl halides is 3. The van der Waals surface area contributed by atoms with Gasteiger partial charge in [-0.05, 0) is 61.8 Å². The number of piperidine rings is 1. The minimum Gasteiger partial charge on any atom is -0.353 e. The molecule has 35 heavy (non-hydrogen) atoms. The molecular weight excluding hydrogens is 462 g/mol. The van der Waals surface area contributed by atoms with Crippen molar-refractivity contribution >= 4 is 23.5 Å². The average molecular weight is 490 g/mol. The Kier molecular flexibility index (Phi) is 7.96. The van der Waals surface area contributed by atoms with Gasteiger partial charge in [-0.1, -0.05) is 24.6 Å². The highest BCUT2D eigenvalue weighted by Crippen LogP contribution is 2.31. The largest absolute Gasteiger partial charge is 0.416 e. The number of hydrogen-bond donors (Lipinski definition) is 3. The van der Waals surface area contributed by atoms with Crippen LogP contribution in [0.1, 0.15) is 30.4 Å². The highest BCUT2D eigenvalue weighted by Gasteiger charge is 2.30. The van der Waals surface area contributed by atoms with Crippen LogP contribution in [0, 0.1) is 5.82 Å². The molecule has 1 aromatic heterocycles. The highest BCUT2D eigenvalue weighted by molar-refractivity contribution is 5.57. The van der Waals surface area contributed by atoms with E-state index in [4.69, 9.17) is 0 Å². The molecule has 0 saturated carbocycles. The Bertz CT molecular complexity index is 1100. The van der Waals surface area contributed by atoms with Crippen LogP contribution < -0.4 is 16.0 Å². The van der Waals surface area contributed by atoms with Gasteiger partial charge in [0.1, 0.15) is 5.82 Å². The minimum atomic E-state index is -4.46. The number of nitrogens with zero attached hydrogens (tertiary/aromatic N) is 4. The third-order valence-electron chi connectivity index (χ3n) is 5.61. The molecular formula is C24H27F4N7. The van der Waals surface area contributed by atoms with Gasteiger partial charge in [-0.2, -0.15) is 28.1 Å². The van der Waals surface area contributed by atoms with E-state index in [2.05, 4.69) is 35.8 Å². The summed E-state index contributed by atoms with van der Waals surface area (Å²) in [5.74, 6) is 0.301. The predicted molar refractivity (Wildman–Crippen MR) is 127 cm³/mol. The number of anilines is 4. The molecule has 0 amide bonds. The van der Waals surface area contributed by atoms with Crippen molar-refractivity contribution in [2.45, 2.75) is 32.0 Å². The standard InChI is InChI=1S/C24H27F4N7/c25-19-9-7-17(8-10-19)16-30-22-32-21(29-11-14-35-12-2-1-3-13-35)33-23(34-22)31-20-6-4-5-18(15-20)24(26,27)28/h4-10,15H,1-3,11-14,16H2,(H3,29,30,31,32,33,34). The molecule has 186 valence electrons. The first kappa shape index (κ1) is 24.6. The second kappa shape index (κ2) is 11.3. The lowest BCUT2D eigenvalue weighted by atomic mass is 10.1. The summed E-state index contributed by atoms with van der Waals surface area (Å²) in [5.41, 5.74) is 0.250. The molecule has 3 aromatic rings. The molecule has 0 radical (unpaired) electrons.